The van der Waals surface area contributed by atoms with Crippen molar-refractivity contribution in [2.45, 2.75) is 26.7 Å². The van der Waals surface area contributed by atoms with Gasteiger partial charge in [-0.2, -0.15) is 0 Å². The molecular weight excluding hydrogens is 724 g/mol. The highest BCUT2D eigenvalue weighted by Crippen LogP contribution is 2.46. The van der Waals surface area contributed by atoms with Crippen LogP contribution < -0.4 is 15.9 Å². The Balaban J connectivity index is 1.25. The summed E-state index contributed by atoms with van der Waals surface area (Å²) in [6.07, 6.45) is 13.0. The summed E-state index contributed by atoms with van der Waals surface area (Å²) in [5.41, 5.74) is 10.5. The van der Waals surface area contributed by atoms with Crippen molar-refractivity contribution in [1.29, 1.82) is 0 Å². The molecule has 1 aliphatic carbocycles. The number of rotatable bonds is 6. The van der Waals surface area contributed by atoms with Crippen LogP contribution in [0.4, 0.5) is 0 Å². The highest BCUT2D eigenvalue weighted by Gasteiger charge is 2.30. The van der Waals surface area contributed by atoms with Gasteiger partial charge in [0.2, 0.25) is 0 Å². The average Bonchev–Trinajstić information content (AvgIpc) is 3.27. The molecule has 0 radical (unpaired) electrons. The van der Waals surface area contributed by atoms with E-state index in [1.54, 1.807) is 0 Å². The fraction of sp³-hybridized carbons (Fsp3) is 0.0741. The standard InChI is InChI=1S/C54H41N2OP/c1-36-49-45-30-17-18-31-47(45)55-53(38-20-9-4-3-5-10-21-38)51(49)37(2)50-46-33-32-41(35-48(46)56-54(52(36)50)39-22-11-6-12-23-39)40-24-19-29-44(34-40)58(57,42-25-13-7-14-26-42)43-27-15-8-16-28-43/h3-4,6-9,11-35H,5,10H2,1-2H3/b4-3+,20-9-,38-21+. The van der Waals surface area contributed by atoms with Crippen molar-refractivity contribution in [3.8, 4) is 22.4 Å². The Bertz CT molecular complexity index is 3160. The topological polar surface area (TPSA) is 42.9 Å². The van der Waals surface area contributed by atoms with Crippen LogP contribution in [0.2, 0.25) is 0 Å². The molecule has 0 saturated heterocycles. The zero-order chi connectivity index (χ0) is 39.2. The van der Waals surface area contributed by atoms with Crippen molar-refractivity contribution in [3.05, 3.63) is 205 Å². The van der Waals surface area contributed by atoms with E-state index < -0.39 is 7.14 Å². The SMILES string of the molecule is Cc1c2c(-c3ccccc3)nc3cc(-c4cccc(P(=O)(c5ccccc5)c5ccccc5)c4)ccc3c2c(C)c2c(C3=C/CC/C=C/C=C\3)nc3ccccc3c12. The normalized spacial score (nSPS) is 15.2. The summed E-state index contributed by atoms with van der Waals surface area (Å²) >= 11 is 0. The number of nitrogens with zero attached hydrogens (tertiary/aromatic N) is 2. The Morgan fingerprint density at radius 3 is 1.76 bits per heavy atom. The first-order chi connectivity index (χ1) is 28.5. The van der Waals surface area contributed by atoms with Gasteiger partial charge in [0.25, 0.3) is 0 Å². The first kappa shape index (κ1) is 35.7. The zero-order valence-electron chi connectivity index (χ0n) is 32.6. The number of allylic oxidation sites excluding steroid dienone is 6. The fourth-order valence-electron chi connectivity index (χ4n) is 8.95. The van der Waals surface area contributed by atoms with E-state index in [0.717, 1.165) is 89.6 Å². The summed E-state index contributed by atoms with van der Waals surface area (Å²) in [6, 6.07) is 53.8. The molecular formula is C54H41N2OP. The van der Waals surface area contributed by atoms with E-state index in [1.165, 1.54) is 27.3 Å². The van der Waals surface area contributed by atoms with Crippen LogP contribution in [0.15, 0.2) is 188 Å². The minimum absolute atomic E-state index is 0.803. The van der Waals surface area contributed by atoms with Gasteiger partial charge in [0.15, 0.2) is 7.14 Å². The van der Waals surface area contributed by atoms with E-state index >= 15 is 4.57 Å². The predicted molar refractivity (Wildman–Crippen MR) is 247 cm³/mol. The Labute approximate surface area is 339 Å². The van der Waals surface area contributed by atoms with Crippen LogP contribution in [-0.4, -0.2) is 9.97 Å². The third-order valence-electron chi connectivity index (χ3n) is 11.7. The number of fused-ring (bicyclic) bond motifs is 6. The second-order valence-corrected chi connectivity index (χ2v) is 17.9. The van der Waals surface area contributed by atoms with Gasteiger partial charge in [0.05, 0.1) is 22.4 Å². The predicted octanol–water partition coefficient (Wildman–Crippen LogP) is 13.0. The van der Waals surface area contributed by atoms with Crippen LogP contribution in [0.3, 0.4) is 0 Å². The van der Waals surface area contributed by atoms with Crippen molar-refractivity contribution in [2.24, 2.45) is 0 Å². The molecule has 278 valence electrons. The van der Waals surface area contributed by atoms with Gasteiger partial charge >= 0.3 is 0 Å². The second kappa shape index (κ2) is 14.7. The fourth-order valence-corrected chi connectivity index (χ4v) is 11.6. The van der Waals surface area contributed by atoms with Crippen LogP contribution in [0.25, 0.3) is 71.3 Å². The van der Waals surface area contributed by atoms with E-state index in [-0.39, 0.29) is 0 Å². The summed E-state index contributed by atoms with van der Waals surface area (Å²) in [5.74, 6) is 0. The molecule has 0 atom stereocenters. The maximum atomic E-state index is 15.4. The van der Waals surface area contributed by atoms with E-state index in [4.69, 9.17) is 9.97 Å². The van der Waals surface area contributed by atoms with Crippen LogP contribution >= 0.6 is 7.14 Å². The number of benzene rings is 7. The molecule has 4 heteroatoms. The Morgan fingerprint density at radius 1 is 0.466 bits per heavy atom. The number of hydrogen-bond acceptors (Lipinski definition) is 3. The molecule has 0 aliphatic heterocycles. The summed E-state index contributed by atoms with van der Waals surface area (Å²) in [6.45, 7) is 4.54. The number of hydrogen-bond donors (Lipinski definition) is 0. The molecule has 0 saturated carbocycles. The molecule has 0 fully saturated rings. The van der Waals surface area contributed by atoms with Crippen LogP contribution in [0.1, 0.15) is 29.7 Å². The van der Waals surface area contributed by atoms with Gasteiger partial charge in [-0.1, -0.05) is 170 Å². The largest absolute Gasteiger partial charge is 0.309 e. The molecule has 58 heavy (non-hydrogen) atoms. The van der Waals surface area contributed by atoms with Gasteiger partial charge in [-0.3, -0.25) is 0 Å². The quantitative estimate of drug-likeness (QED) is 0.0962. The average molecular weight is 765 g/mol. The van der Waals surface area contributed by atoms with Crippen LogP contribution in [0.5, 0.6) is 0 Å². The van der Waals surface area contributed by atoms with Gasteiger partial charge in [0.1, 0.15) is 0 Å². The molecule has 3 nitrogen and oxygen atoms in total. The van der Waals surface area contributed by atoms with E-state index in [9.17, 15) is 0 Å². The Kier molecular flexibility index (Phi) is 9.04. The molecule has 0 N–H and O–H groups in total. The molecule has 2 aromatic heterocycles. The van der Waals surface area contributed by atoms with Crippen LogP contribution in [0, 0.1) is 13.8 Å². The number of para-hydroxylation sites is 1. The van der Waals surface area contributed by atoms with Crippen molar-refractivity contribution in [3.63, 3.8) is 0 Å². The van der Waals surface area contributed by atoms with Crippen molar-refractivity contribution >= 4 is 72.0 Å². The number of pyridine rings is 2. The Hall–Kier alpha value is -6.67. The first-order valence-corrected chi connectivity index (χ1v) is 21.7. The molecule has 7 aromatic carbocycles. The van der Waals surface area contributed by atoms with Crippen LogP contribution in [-0.2, 0) is 4.57 Å². The van der Waals surface area contributed by atoms with E-state index in [2.05, 4.69) is 129 Å². The lowest BCUT2D eigenvalue weighted by atomic mass is 9.85. The monoisotopic (exact) mass is 764 g/mol. The smallest absolute Gasteiger partial charge is 0.171 e. The molecule has 0 amide bonds. The minimum atomic E-state index is -3.16. The minimum Gasteiger partial charge on any atom is -0.309 e. The van der Waals surface area contributed by atoms with Crippen molar-refractivity contribution < 1.29 is 4.57 Å². The second-order valence-electron chi connectivity index (χ2n) is 15.1. The maximum absolute atomic E-state index is 15.4. The van der Waals surface area contributed by atoms with Gasteiger partial charge in [-0.15, -0.1) is 0 Å². The van der Waals surface area contributed by atoms with Gasteiger partial charge in [-0.05, 0) is 83.5 Å². The lowest BCUT2D eigenvalue weighted by molar-refractivity contribution is 0.592. The molecule has 10 rings (SSSR count). The molecule has 0 bridgehead atoms. The van der Waals surface area contributed by atoms with E-state index in [0.29, 0.717) is 0 Å². The molecule has 9 aromatic rings. The summed E-state index contributed by atoms with van der Waals surface area (Å²) in [5, 5.41) is 9.46. The third kappa shape index (κ3) is 5.94. The summed E-state index contributed by atoms with van der Waals surface area (Å²) in [7, 11) is -3.16. The molecule has 0 unspecified atom stereocenters. The number of aromatic nitrogens is 2. The first-order valence-electron chi connectivity index (χ1n) is 20.0. The lowest BCUT2D eigenvalue weighted by Crippen LogP contribution is -2.25. The summed E-state index contributed by atoms with van der Waals surface area (Å²) in [4.78, 5) is 11.0. The molecule has 2 heterocycles. The van der Waals surface area contributed by atoms with Crippen molar-refractivity contribution in [1.82, 2.24) is 9.97 Å². The summed E-state index contributed by atoms with van der Waals surface area (Å²) < 4.78 is 15.4. The van der Waals surface area contributed by atoms with Crippen molar-refractivity contribution in [2.75, 3.05) is 0 Å². The van der Waals surface area contributed by atoms with E-state index in [1.807, 2.05) is 72.8 Å². The van der Waals surface area contributed by atoms with Gasteiger partial charge in [0, 0.05) is 43.0 Å². The Morgan fingerprint density at radius 2 is 1.03 bits per heavy atom. The highest BCUT2D eigenvalue weighted by molar-refractivity contribution is 7.85. The lowest BCUT2D eigenvalue weighted by Gasteiger charge is -2.22. The third-order valence-corrected chi connectivity index (χ3v) is 14.8. The zero-order valence-corrected chi connectivity index (χ0v) is 33.5. The number of aryl methyl sites for hydroxylation is 2. The maximum Gasteiger partial charge on any atom is 0.171 e. The molecule has 0 spiro atoms. The highest BCUT2D eigenvalue weighted by atomic mass is 31.2. The molecule has 1 aliphatic rings. The van der Waals surface area contributed by atoms with Gasteiger partial charge in [-0.25, -0.2) is 9.97 Å². The van der Waals surface area contributed by atoms with Gasteiger partial charge < -0.3 is 4.57 Å².